The minimum atomic E-state index is 0.725. The molecule has 0 aromatic rings. The van der Waals surface area contributed by atoms with Gasteiger partial charge in [0, 0.05) is 0 Å². The van der Waals surface area contributed by atoms with Crippen molar-refractivity contribution >= 4 is 0 Å². The maximum Gasteiger partial charge on any atom is -0.000834 e. The van der Waals surface area contributed by atoms with E-state index in [2.05, 4.69) is 37.0 Å². The van der Waals surface area contributed by atoms with Crippen LogP contribution in [0.1, 0.15) is 26.2 Å². The van der Waals surface area contributed by atoms with Crippen LogP contribution in [0.15, 0.2) is 36.5 Å². The third-order valence-electron chi connectivity index (χ3n) is 2.45. The highest BCUT2D eigenvalue weighted by molar-refractivity contribution is 5.23. The molecule has 1 aliphatic rings. The van der Waals surface area contributed by atoms with Gasteiger partial charge in [-0.3, -0.25) is 0 Å². The SMILES string of the molecule is C=CCCNCCC1=CC(C)CC=C1. The maximum atomic E-state index is 3.70. The molecule has 0 aromatic heterocycles. The molecule has 14 heavy (non-hydrogen) atoms. The molecule has 1 unspecified atom stereocenters. The fraction of sp³-hybridized carbons (Fsp3) is 0.538. The highest BCUT2D eigenvalue weighted by Gasteiger charge is 2.02. The summed E-state index contributed by atoms with van der Waals surface area (Å²) in [4.78, 5) is 0. The lowest BCUT2D eigenvalue weighted by Gasteiger charge is -2.12. The summed E-state index contributed by atoms with van der Waals surface area (Å²) < 4.78 is 0. The van der Waals surface area contributed by atoms with Gasteiger partial charge in [-0.1, -0.05) is 36.8 Å². The molecule has 0 aliphatic heterocycles. The van der Waals surface area contributed by atoms with Gasteiger partial charge in [0.25, 0.3) is 0 Å². The summed E-state index contributed by atoms with van der Waals surface area (Å²) in [5.74, 6) is 0.725. The average molecular weight is 191 g/mol. The first-order chi connectivity index (χ1) is 6.83. The first-order valence-corrected chi connectivity index (χ1v) is 5.52. The van der Waals surface area contributed by atoms with Gasteiger partial charge in [-0.05, 0) is 38.3 Å². The van der Waals surface area contributed by atoms with Gasteiger partial charge in [0.05, 0.1) is 0 Å². The van der Waals surface area contributed by atoms with Crippen molar-refractivity contribution in [2.75, 3.05) is 13.1 Å². The van der Waals surface area contributed by atoms with Crippen LogP contribution in [0, 0.1) is 5.92 Å². The normalized spacial score (nSPS) is 20.6. The van der Waals surface area contributed by atoms with Gasteiger partial charge in [0.2, 0.25) is 0 Å². The number of rotatable bonds is 6. The van der Waals surface area contributed by atoms with E-state index < -0.39 is 0 Å². The summed E-state index contributed by atoms with van der Waals surface area (Å²) in [6.07, 6.45) is 12.3. The van der Waals surface area contributed by atoms with Gasteiger partial charge in [-0.25, -0.2) is 0 Å². The van der Waals surface area contributed by atoms with E-state index in [0.717, 1.165) is 31.8 Å². The molecule has 0 heterocycles. The molecule has 0 bridgehead atoms. The van der Waals surface area contributed by atoms with Gasteiger partial charge in [0.15, 0.2) is 0 Å². The molecule has 0 radical (unpaired) electrons. The molecule has 1 aliphatic carbocycles. The lowest BCUT2D eigenvalue weighted by atomic mass is 9.96. The molecule has 1 heteroatoms. The van der Waals surface area contributed by atoms with Crippen LogP contribution >= 0.6 is 0 Å². The molecule has 1 atom stereocenters. The molecule has 0 fully saturated rings. The first kappa shape index (κ1) is 11.3. The van der Waals surface area contributed by atoms with Crippen molar-refractivity contribution in [3.63, 3.8) is 0 Å². The van der Waals surface area contributed by atoms with Crippen LogP contribution in [-0.4, -0.2) is 13.1 Å². The Labute approximate surface area is 87.6 Å². The fourth-order valence-electron chi connectivity index (χ4n) is 1.65. The smallest absolute Gasteiger partial charge is 0.000834 e. The van der Waals surface area contributed by atoms with Crippen LogP contribution in [0.3, 0.4) is 0 Å². The Morgan fingerprint density at radius 1 is 1.57 bits per heavy atom. The van der Waals surface area contributed by atoms with Crippen LogP contribution in [0.25, 0.3) is 0 Å². The zero-order chi connectivity index (χ0) is 10.2. The van der Waals surface area contributed by atoms with Crippen LogP contribution in [-0.2, 0) is 0 Å². The Balaban J connectivity index is 2.12. The Bertz CT molecular complexity index is 225. The van der Waals surface area contributed by atoms with Gasteiger partial charge in [-0.2, -0.15) is 0 Å². The van der Waals surface area contributed by atoms with Crippen LogP contribution in [0.4, 0.5) is 0 Å². The van der Waals surface area contributed by atoms with E-state index in [0.29, 0.717) is 0 Å². The Morgan fingerprint density at radius 3 is 3.14 bits per heavy atom. The summed E-state index contributed by atoms with van der Waals surface area (Å²) in [7, 11) is 0. The number of nitrogens with one attached hydrogen (secondary N) is 1. The van der Waals surface area contributed by atoms with Crippen LogP contribution in [0.5, 0.6) is 0 Å². The molecule has 0 saturated carbocycles. The van der Waals surface area contributed by atoms with Crippen LogP contribution < -0.4 is 5.32 Å². The number of hydrogen-bond donors (Lipinski definition) is 1. The molecular weight excluding hydrogens is 170 g/mol. The fourth-order valence-corrected chi connectivity index (χ4v) is 1.65. The molecule has 0 spiro atoms. The van der Waals surface area contributed by atoms with E-state index >= 15 is 0 Å². The Morgan fingerprint density at radius 2 is 2.43 bits per heavy atom. The van der Waals surface area contributed by atoms with Crippen molar-refractivity contribution < 1.29 is 0 Å². The van der Waals surface area contributed by atoms with Crippen molar-refractivity contribution in [2.24, 2.45) is 5.92 Å². The van der Waals surface area contributed by atoms with E-state index in [4.69, 9.17) is 0 Å². The second-order valence-corrected chi connectivity index (χ2v) is 3.93. The molecular formula is C13H21N. The van der Waals surface area contributed by atoms with Gasteiger partial charge in [0.1, 0.15) is 0 Å². The molecule has 1 rings (SSSR count). The zero-order valence-corrected chi connectivity index (χ0v) is 9.13. The summed E-state index contributed by atoms with van der Waals surface area (Å²) in [5.41, 5.74) is 1.48. The van der Waals surface area contributed by atoms with E-state index in [9.17, 15) is 0 Å². The molecule has 0 saturated heterocycles. The number of allylic oxidation sites excluding steroid dienone is 3. The second-order valence-electron chi connectivity index (χ2n) is 3.93. The summed E-state index contributed by atoms with van der Waals surface area (Å²) in [6, 6.07) is 0. The molecule has 1 N–H and O–H groups in total. The van der Waals surface area contributed by atoms with E-state index in [1.54, 1.807) is 0 Å². The zero-order valence-electron chi connectivity index (χ0n) is 9.13. The molecule has 0 amide bonds. The highest BCUT2D eigenvalue weighted by Crippen LogP contribution is 2.17. The summed E-state index contributed by atoms with van der Waals surface area (Å²) >= 11 is 0. The Kier molecular flexibility index (Phi) is 5.31. The highest BCUT2D eigenvalue weighted by atomic mass is 14.8. The number of hydrogen-bond acceptors (Lipinski definition) is 1. The molecule has 1 nitrogen and oxygen atoms in total. The molecule has 78 valence electrons. The minimum Gasteiger partial charge on any atom is -0.316 e. The largest absolute Gasteiger partial charge is 0.316 e. The summed E-state index contributed by atoms with van der Waals surface area (Å²) in [5, 5.41) is 3.40. The lowest BCUT2D eigenvalue weighted by Crippen LogP contribution is -2.16. The van der Waals surface area contributed by atoms with Crippen molar-refractivity contribution in [1.82, 2.24) is 5.32 Å². The van der Waals surface area contributed by atoms with Crippen molar-refractivity contribution in [1.29, 1.82) is 0 Å². The third kappa shape index (κ3) is 4.43. The first-order valence-electron chi connectivity index (χ1n) is 5.52. The predicted octanol–water partition coefficient (Wildman–Crippen LogP) is 3.06. The van der Waals surface area contributed by atoms with Crippen molar-refractivity contribution in [2.45, 2.75) is 26.2 Å². The third-order valence-corrected chi connectivity index (χ3v) is 2.45. The molecule has 0 aromatic carbocycles. The standard InChI is InChI=1S/C13H21N/c1-3-4-9-14-10-8-13-7-5-6-12(2)11-13/h3,5,7,11-12,14H,1,4,6,8-10H2,2H3. The van der Waals surface area contributed by atoms with Gasteiger partial charge < -0.3 is 5.32 Å². The summed E-state index contributed by atoms with van der Waals surface area (Å²) in [6.45, 7) is 8.10. The van der Waals surface area contributed by atoms with E-state index in [1.807, 2.05) is 6.08 Å². The van der Waals surface area contributed by atoms with Crippen LogP contribution in [0.2, 0.25) is 0 Å². The maximum absolute atomic E-state index is 3.70. The van der Waals surface area contributed by atoms with E-state index in [-0.39, 0.29) is 0 Å². The van der Waals surface area contributed by atoms with Gasteiger partial charge >= 0.3 is 0 Å². The van der Waals surface area contributed by atoms with Crippen molar-refractivity contribution in [3.8, 4) is 0 Å². The van der Waals surface area contributed by atoms with Gasteiger partial charge in [-0.15, -0.1) is 6.58 Å². The average Bonchev–Trinajstić information content (AvgIpc) is 2.18. The monoisotopic (exact) mass is 191 g/mol. The lowest BCUT2D eigenvalue weighted by molar-refractivity contribution is 0.674. The topological polar surface area (TPSA) is 12.0 Å². The second kappa shape index (κ2) is 6.61. The quantitative estimate of drug-likeness (QED) is 0.502. The Hall–Kier alpha value is -0.820. The predicted molar refractivity (Wildman–Crippen MR) is 63.3 cm³/mol. The van der Waals surface area contributed by atoms with E-state index in [1.165, 1.54) is 12.0 Å². The minimum absolute atomic E-state index is 0.725. The van der Waals surface area contributed by atoms with Crippen molar-refractivity contribution in [3.05, 3.63) is 36.5 Å².